The summed E-state index contributed by atoms with van der Waals surface area (Å²) >= 11 is 0. The van der Waals surface area contributed by atoms with Crippen LogP contribution in [0.15, 0.2) is 36.5 Å². The van der Waals surface area contributed by atoms with Crippen LogP contribution in [0.5, 0.6) is 5.88 Å². The molecule has 0 bridgehead atoms. The van der Waals surface area contributed by atoms with Crippen molar-refractivity contribution < 1.29 is 9.13 Å². The average Bonchev–Trinajstić information content (AvgIpc) is 2.81. The number of H-pyrrole nitrogens is 1. The van der Waals surface area contributed by atoms with Crippen molar-refractivity contribution in [2.24, 2.45) is 0 Å². The van der Waals surface area contributed by atoms with Crippen LogP contribution in [-0.2, 0) is 0 Å². The summed E-state index contributed by atoms with van der Waals surface area (Å²) in [5.41, 5.74) is 2.31. The number of rotatable bonds is 2. The minimum absolute atomic E-state index is 0.286. The van der Waals surface area contributed by atoms with Gasteiger partial charge >= 0.3 is 0 Å². The molecular formula is C13H10FN3O. The number of hydrogen-bond donors (Lipinski definition) is 1. The van der Waals surface area contributed by atoms with Crippen LogP contribution in [0.25, 0.3) is 22.2 Å². The van der Waals surface area contributed by atoms with E-state index in [0.717, 1.165) is 16.5 Å². The van der Waals surface area contributed by atoms with Crippen molar-refractivity contribution in [3.8, 4) is 17.1 Å². The number of nitrogens with zero attached hydrogens (tertiary/aromatic N) is 2. The summed E-state index contributed by atoms with van der Waals surface area (Å²) in [6, 6.07) is 8.10. The first kappa shape index (κ1) is 10.7. The van der Waals surface area contributed by atoms with Gasteiger partial charge in [0, 0.05) is 23.2 Å². The third-order valence-electron chi connectivity index (χ3n) is 2.74. The lowest BCUT2D eigenvalue weighted by Gasteiger charge is -2.01. The predicted molar refractivity (Wildman–Crippen MR) is 65.8 cm³/mol. The number of hydrogen-bond acceptors (Lipinski definition) is 3. The third-order valence-corrected chi connectivity index (χ3v) is 2.74. The van der Waals surface area contributed by atoms with Gasteiger partial charge in [0.05, 0.1) is 12.6 Å². The third kappa shape index (κ3) is 1.69. The first-order chi connectivity index (χ1) is 8.78. The molecule has 0 aliphatic carbocycles. The van der Waals surface area contributed by atoms with Gasteiger partial charge in [-0.05, 0) is 24.3 Å². The molecule has 0 aliphatic rings. The molecule has 0 saturated heterocycles. The maximum Gasteiger partial charge on any atom is 0.213 e. The molecule has 2 aromatic heterocycles. The Morgan fingerprint density at radius 2 is 2.11 bits per heavy atom. The highest BCUT2D eigenvalue weighted by Crippen LogP contribution is 2.28. The van der Waals surface area contributed by atoms with Crippen LogP contribution < -0.4 is 4.74 Å². The van der Waals surface area contributed by atoms with Gasteiger partial charge in [-0.15, -0.1) is 0 Å². The van der Waals surface area contributed by atoms with Crippen molar-refractivity contribution in [2.75, 3.05) is 7.11 Å². The maximum absolute atomic E-state index is 13.3. The Labute approximate surface area is 102 Å². The molecule has 0 atom stereocenters. The molecule has 2 heterocycles. The number of methoxy groups -OCH3 is 1. The number of aromatic nitrogens is 3. The first-order valence-corrected chi connectivity index (χ1v) is 5.42. The molecule has 3 rings (SSSR count). The Morgan fingerprint density at radius 3 is 2.94 bits per heavy atom. The molecule has 0 saturated carbocycles. The van der Waals surface area contributed by atoms with Crippen molar-refractivity contribution in [2.45, 2.75) is 0 Å². The SMILES string of the molecule is COc1cc(-c2n[nH]c3ccc(F)cc23)ccn1. The standard InChI is InChI=1S/C13H10FN3O/c1-18-12-6-8(4-5-15-12)13-10-7-9(14)2-3-11(10)16-17-13/h2-7H,1H3,(H,16,17). The molecule has 0 spiro atoms. The van der Waals surface area contributed by atoms with Gasteiger partial charge in [-0.2, -0.15) is 5.10 Å². The summed E-state index contributed by atoms with van der Waals surface area (Å²) in [4.78, 5) is 4.03. The number of ether oxygens (including phenoxy) is 1. The summed E-state index contributed by atoms with van der Waals surface area (Å²) in [7, 11) is 1.55. The van der Waals surface area contributed by atoms with Gasteiger partial charge in [0.15, 0.2) is 0 Å². The fourth-order valence-electron chi connectivity index (χ4n) is 1.87. The van der Waals surface area contributed by atoms with Gasteiger partial charge in [0.25, 0.3) is 0 Å². The van der Waals surface area contributed by atoms with Crippen molar-refractivity contribution >= 4 is 10.9 Å². The second kappa shape index (κ2) is 4.10. The number of pyridine rings is 1. The molecule has 1 N–H and O–H groups in total. The zero-order valence-corrected chi connectivity index (χ0v) is 9.64. The second-order valence-electron chi connectivity index (χ2n) is 3.85. The molecule has 5 heteroatoms. The van der Waals surface area contributed by atoms with Crippen molar-refractivity contribution in [1.29, 1.82) is 0 Å². The topological polar surface area (TPSA) is 50.8 Å². The molecule has 0 radical (unpaired) electrons. The first-order valence-electron chi connectivity index (χ1n) is 5.42. The van der Waals surface area contributed by atoms with Gasteiger partial charge in [-0.25, -0.2) is 9.37 Å². The summed E-state index contributed by atoms with van der Waals surface area (Å²) in [5, 5.41) is 7.82. The van der Waals surface area contributed by atoms with E-state index < -0.39 is 0 Å². The monoisotopic (exact) mass is 243 g/mol. The Kier molecular flexibility index (Phi) is 2.44. The summed E-state index contributed by atoms with van der Waals surface area (Å²) < 4.78 is 18.3. The van der Waals surface area contributed by atoms with Crippen LogP contribution >= 0.6 is 0 Å². The lowest BCUT2D eigenvalue weighted by Crippen LogP contribution is -1.88. The smallest absolute Gasteiger partial charge is 0.213 e. The molecule has 0 fully saturated rings. The van der Waals surface area contributed by atoms with Crippen molar-refractivity contribution in [3.63, 3.8) is 0 Å². The van der Waals surface area contributed by atoms with Crippen LogP contribution in [0.2, 0.25) is 0 Å². The Balaban J connectivity index is 2.21. The Morgan fingerprint density at radius 1 is 1.22 bits per heavy atom. The van der Waals surface area contributed by atoms with E-state index in [4.69, 9.17) is 4.74 Å². The van der Waals surface area contributed by atoms with E-state index in [-0.39, 0.29) is 5.82 Å². The second-order valence-corrected chi connectivity index (χ2v) is 3.85. The lowest BCUT2D eigenvalue weighted by atomic mass is 10.1. The van der Waals surface area contributed by atoms with Crippen LogP contribution in [0.3, 0.4) is 0 Å². The van der Waals surface area contributed by atoms with E-state index in [1.54, 1.807) is 25.4 Å². The number of aromatic amines is 1. The van der Waals surface area contributed by atoms with Gasteiger partial charge < -0.3 is 4.74 Å². The Bertz CT molecular complexity index is 708. The zero-order chi connectivity index (χ0) is 12.5. The Hall–Kier alpha value is -2.43. The average molecular weight is 243 g/mol. The van der Waals surface area contributed by atoms with E-state index in [1.165, 1.54) is 12.1 Å². The van der Waals surface area contributed by atoms with Crippen LogP contribution in [0.1, 0.15) is 0 Å². The van der Waals surface area contributed by atoms with Crippen LogP contribution in [0, 0.1) is 5.82 Å². The van der Waals surface area contributed by atoms with Crippen LogP contribution in [-0.4, -0.2) is 22.3 Å². The minimum Gasteiger partial charge on any atom is -0.481 e. The molecule has 18 heavy (non-hydrogen) atoms. The summed E-state index contributed by atoms with van der Waals surface area (Å²) in [6.45, 7) is 0. The largest absolute Gasteiger partial charge is 0.481 e. The normalized spacial score (nSPS) is 10.8. The highest BCUT2D eigenvalue weighted by atomic mass is 19.1. The predicted octanol–water partition coefficient (Wildman–Crippen LogP) is 2.77. The highest BCUT2D eigenvalue weighted by Gasteiger charge is 2.09. The fourth-order valence-corrected chi connectivity index (χ4v) is 1.87. The minimum atomic E-state index is -0.286. The zero-order valence-electron chi connectivity index (χ0n) is 9.64. The van der Waals surface area contributed by atoms with Gasteiger partial charge in [0.1, 0.15) is 11.5 Å². The van der Waals surface area contributed by atoms with E-state index in [2.05, 4.69) is 15.2 Å². The summed E-state index contributed by atoms with van der Waals surface area (Å²) in [6.07, 6.45) is 1.63. The molecule has 90 valence electrons. The molecule has 0 amide bonds. The fraction of sp³-hybridized carbons (Fsp3) is 0.0769. The van der Waals surface area contributed by atoms with Crippen molar-refractivity contribution in [3.05, 3.63) is 42.3 Å². The van der Waals surface area contributed by atoms with E-state index in [0.29, 0.717) is 11.6 Å². The van der Waals surface area contributed by atoms with E-state index in [9.17, 15) is 4.39 Å². The van der Waals surface area contributed by atoms with Crippen LogP contribution in [0.4, 0.5) is 4.39 Å². The molecule has 1 aromatic carbocycles. The van der Waals surface area contributed by atoms with Gasteiger partial charge in [0.2, 0.25) is 5.88 Å². The van der Waals surface area contributed by atoms with E-state index >= 15 is 0 Å². The lowest BCUT2D eigenvalue weighted by molar-refractivity contribution is 0.398. The molecule has 3 aromatic rings. The highest BCUT2D eigenvalue weighted by molar-refractivity contribution is 5.92. The molecule has 0 aliphatic heterocycles. The van der Waals surface area contributed by atoms with E-state index in [1.807, 2.05) is 6.07 Å². The molecule has 0 unspecified atom stereocenters. The number of halogens is 1. The molecule has 4 nitrogen and oxygen atoms in total. The summed E-state index contributed by atoms with van der Waals surface area (Å²) in [5.74, 6) is 0.214. The molecular weight excluding hydrogens is 233 g/mol. The number of benzene rings is 1. The number of fused-ring (bicyclic) bond motifs is 1. The van der Waals surface area contributed by atoms with Gasteiger partial charge in [-0.3, -0.25) is 5.10 Å². The quantitative estimate of drug-likeness (QED) is 0.753. The number of nitrogens with one attached hydrogen (secondary N) is 1. The maximum atomic E-state index is 13.3. The van der Waals surface area contributed by atoms with Gasteiger partial charge in [-0.1, -0.05) is 0 Å². The van der Waals surface area contributed by atoms with Crippen molar-refractivity contribution in [1.82, 2.24) is 15.2 Å².